The minimum absolute atomic E-state index is 0.00828. The fourth-order valence-corrected chi connectivity index (χ4v) is 6.01. The summed E-state index contributed by atoms with van der Waals surface area (Å²) in [6, 6.07) is 6.89. The maximum Gasteiger partial charge on any atom is 0.516 e. The van der Waals surface area contributed by atoms with Crippen LogP contribution in [0.1, 0.15) is 12.5 Å². The van der Waals surface area contributed by atoms with Gasteiger partial charge in [-0.25, -0.2) is 4.98 Å². The second-order valence-corrected chi connectivity index (χ2v) is 13.1. The standard InChI is InChI=1S/C28H31BrF3N9O3S/c1-5-17-14-21(23(44-4)15-22(17)41-12-10-39(2)11-13-41)37-27-35-16-18(29)26(38-27)36-20-7-6-19-24(34-9-8-33-19)25(20)40(3)45(42,43)28(30,31)32/h6-9,14-16H,5,10-13H2,1-4H3,(H2,35,36,37,38). The minimum Gasteiger partial charge on any atom is -0.494 e. The molecule has 5 rings (SSSR count). The number of ether oxygens (including phenoxy) is 1. The molecular weight excluding hydrogens is 679 g/mol. The molecule has 0 saturated carbocycles. The zero-order chi connectivity index (χ0) is 32.5. The lowest BCUT2D eigenvalue weighted by atomic mass is 10.1. The molecule has 1 aliphatic heterocycles. The SMILES string of the molecule is CCc1cc(Nc2ncc(Br)c(Nc3ccc4nccnc4c3N(C)S(=O)(=O)C(F)(F)F)n2)c(OC)cc1N1CCN(C)CC1. The first kappa shape index (κ1) is 32.4. The largest absolute Gasteiger partial charge is 0.516 e. The number of aromatic nitrogens is 4. The van der Waals surface area contributed by atoms with E-state index in [0.717, 1.165) is 50.9 Å². The van der Waals surface area contributed by atoms with Gasteiger partial charge in [-0.05, 0) is 53.2 Å². The van der Waals surface area contributed by atoms with Gasteiger partial charge in [-0.15, -0.1) is 0 Å². The van der Waals surface area contributed by atoms with E-state index >= 15 is 0 Å². The zero-order valence-corrected chi connectivity index (χ0v) is 27.3. The molecule has 4 aromatic rings. The average molecular weight is 711 g/mol. The average Bonchev–Trinajstić information content (AvgIpc) is 3.01. The van der Waals surface area contributed by atoms with E-state index in [1.165, 1.54) is 30.7 Å². The Hall–Kier alpha value is -3.96. The van der Waals surface area contributed by atoms with Gasteiger partial charge in [0, 0.05) is 63.6 Å². The number of nitrogens with one attached hydrogen (secondary N) is 2. The number of rotatable bonds is 9. The van der Waals surface area contributed by atoms with Gasteiger partial charge in [0.1, 0.15) is 22.8 Å². The lowest BCUT2D eigenvalue weighted by molar-refractivity contribution is -0.0436. The van der Waals surface area contributed by atoms with Crippen LogP contribution in [-0.4, -0.2) is 86.1 Å². The molecule has 0 amide bonds. The van der Waals surface area contributed by atoms with E-state index in [0.29, 0.717) is 15.9 Å². The van der Waals surface area contributed by atoms with Crippen LogP contribution in [0.5, 0.6) is 5.75 Å². The van der Waals surface area contributed by atoms with Crippen molar-refractivity contribution in [2.24, 2.45) is 0 Å². The third-order valence-electron chi connectivity index (χ3n) is 7.45. The third kappa shape index (κ3) is 6.55. The van der Waals surface area contributed by atoms with Gasteiger partial charge in [0.2, 0.25) is 5.95 Å². The van der Waals surface area contributed by atoms with Crippen LogP contribution in [-0.2, 0) is 16.4 Å². The summed E-state index contributed by atoms with van der Waals surface area (Å²) < 4.78 is 71.8. The van der Waals surface area contributed by atoms with Crippen LogP contribution in [0, 0.1) is 0 Å². The van der Waals surface area contributed by atoms with Crippen molar-refractivity contribution in [1.29, 1.82) is 0 Å². The van der Waals surface area contributed by atoms with Crippen LogP contribution >= 0.6 is 15.9 Å². The lowest BCUT2D eigenvalue weighted by Crippen LogP contribution is -2.44. The third-order valence-corrected chi connectivity index (χ3v) is 9.52. The number of likely N-dealkylation sites (N-methyl/N-ethyl adjacent to an activating group) is 1. The molecule has 3 heterocycles. The molecule has 0 atom stereocenters. The van der Waals surface area contributed by atoms with Crippen molar-refractivity contribution in [3.05, 3.63) is 52.9 Å². The van der Waals surface area contributed by atoms with E-state index in [2.05, 4.69) is 70.3 Å². The molecule has 0 aliphatic carbocycles. The second-order valence-electron chi connectivity index (χ2n) is 10.3. The summed E-state index contributed by atoms with van der Waals surface area (Å²) in [5.41, 5.74) is -2.95. The van der Waals surface area contributed by atoms with Crippen LogP contribution < -0.4 is 24.6 Å². The Balaban J connectivity index is 1.51. The van der Waals surface area contributed by atoms with Gasteiger partial charge >= 0.3 is 15.5 Å². The van der Waals surface area contributed by atoms with Crippen molar-refractivity contribution >= 4 is 71.5 Å². The Morgan fingerprint density at radius 1 is 1.04 bits per heavy atom. The molecule has 1 aliphatic rings. The van der Waals surface area contributed by atoms with Crippen LogP contribution in [0.15, 0.2) is 47.3 Å². The molecule has 2 N–H and O–H groups in total. The molecule has 1 saturated heterocycles. The van der Waals surface area contributed by atoms with E-state index in [1.807, 2.05) is 12.1 Å². The maximum absolute atomic E-state index is 13.6. The number of hydrogen-bond acceptors (Lipinski definition) is 11. The molecule has 2 aromatic carbocycles. The van der Waals surface area contributed by atoms with Gasteiger partial charge in [0.05, 0.1) is 28.5 Å². The topological polar surface area (TPSA) is 129 Å². The normalized spacial score (nSPS) is 14.4. The molecule has 2 aromatic heterocycles. The highest BCUT2D eigenvalue weighted by Gasteiger charge is 2.50. The highest BCUT2D eigenvalue weighted by molar-refractivity contribution is 9.10. The molecule has 0 radical (unpaired) electrons. The number of nitrogens with zero attached hydrogens (tertiary/aromatic N) is 7. The number of anilines is 6. The monoisotopic (exact) mass is 709 g/mol. The molecule has 17 heteroatoms. The van der Waals surface area contributed by atoms with Gasteiger partial charge in [-0.3, -0.25) is 14.3 Å². The highest BCUT2D eigenvalue weighted by atomic mass is 79.9. The summed E-state index contributed by atoms with van der Waals surface area (Å²) in [5.74, 6) is 0.891. The molecule has 1 fully saturated rings. The maximum atomic E-state index is 13.6. The first-order valence-electron chi connectivity index (χ1n) is 13.8. The fraction of sp³-hybridized carbons (Fsp3) is 0.357. The number of methoxy groups -OCH3 is 1. The Morgan fingerprint density at radius 3 is 2.42 bits per heavy atom. The van der Waals surface area contributed by atoms with Crippen LogP contribution in [0.2, 0.25) is 0 Å². The fourth-order valence-electron chi connectivity index (χ4n) is 4.99. The summed E-state index contributed by atoms with van der Waals surface area (Å²) in [6.45, 7) is 5.78. The molecule has 12 nitrogen and oxygen atoms in total. The van der Waals surface area contributed by atoms with E-state index < -0.39 is 15.5 Å². The Morgan fingerprint density at radius 2 is 1.76 bits per heavy atom. The van der Waals surface area contributed by atoms with Crippen molar-refractivity contribution < 1.29 is 26.3 Å². The van der Waals surface area contributed by atoms with Crippen molar-refractivity contribution in [3.8, 4) is 5.75 Å². The van der Waals surface area contributed by atoms with Crippen molar-refractivity contribution in [2.45, 2.75) is 18.9 Å². The van der Waals surface area contributed by atoms with Gasteiger partial charge in [0.25, 0.3) is 0 Å². The molecule has 0 bridgehead atoms. The van der Waals surface area contributed by atoms with Crippen molar-refractivity contribution in [1.82, 2.24) is 24.8 Å². The van der Waals surface area contributed by atoms with Crippen molar-refractivity contribution in [2.75, 3.05) is 67.2 Å². The predicted molar refractivity (Wildman–Crippen MR) is 171 cm³/mol. The molecule has 0 unspecified atom stereocenters. The molecule has 0 spiro atoms. The Kier molecular flexibility index (Phi) is 9.23. The van der Waals surface area contributed by atoms with Crippen molar-refractivity contribution in [3.63, 3.8) is 0 Å². The smallest absolute Gasteiger partial charge is 0.494 e. The van der Waals surface area contributed by atoms with E-state index in [-0.39, 0.29) is 38.5 Å². The number of aryl methyl sites for hydroxylation is 1. The predicted octanol–water partition coefficient (Wildman–Crippen LogP) is 5.28. The highest BCUT2D eigenvalue weighted by Crippen LogP contribution is 2.40. The summed E-state index contributed by atoms with van der Waals surface area (Å²) in [6.07, 6.45) is 4.85. The lowest BCUT2D eigenvalue weighted by Gasteiger charge is -2.35. The van der Waals surface area contributed by atoms with E-state index in [1.54, 1.807) is 7.11 Å². The summed E-state index contributed by atoms with van der Waals surface area (Å²) in [4.78, 5) is 21.7. The van der Waals surface area contributed by atoms with Gasteiger partial charge in [0.15, 0.2) is 0 Å². The van der Waals surface area contributed by atoms with Gasteiger partial charge in [-0.2, -0.15) is 26.6 Å². The zero-order valence-electron chi connectivity index (χ0n) is 24.9. The van der Waals surface area contributed by atoms with Crippen LogP contribution in [0.3, 0.4) is 0 Å². The molecular formula is C28H31BrF3N9O3S. The quantitative estimate of drug-likeness (QED) is 0.236. The number of hydrogen-bond donors (Lipinski definition) is 2. The van der Waals surface area contributed by atoms with E-state index in [4.69, 9.17) is 4.74 Å². The number of fused-ring (bicyclic) bond motifs is 1. The summed E-state index contributed by atoms with van der Waals surface area (Å²) in [7, 11) is -1.29. The first-order valence-corrected chi connectivity index (χ1v) is 16.1. The van der Waals surface area contributed by atoms with Gasteiger partial charge in [-0.1, -0.05) is 6.92 Å². The van der Waals surface area contributed by atoms with Crippen LogP contribution in [0.25, 0.3) is 11.0 Å². The summed E-state index contributed by atoms with van der Waals surface area (Å²) >= 11 is 3.38. The number of sulfonamides is 1. The second kappa shape index (κ2) is 12.8. The first-order chi connectivity index (χ1) is 21.3. The minimum atomic E-state index is -5.77. The number of halogens is 4. The Labute approximate surface area is 266 Å². The number of alkyl halides is 3. The molecule has 240 valence electrons. The Bertz CT molecular complexity index is 1820. The van der Waals surface area contributed by atoms with Gasteiger partial charge < -0.3 is 25.2 Å². The number of benzene rings is 2. The summed E-state index contributed by atoms with van der Waals surface area (Å²) in [5, 5.41) is 6.14. The number of piperazine rings is 1. The molecule has 45 heavy (non-hydrogen) atoms. The van der Waals surface area contributed by atoms with E-state index in [9.17, 15) is 21.6 Å². The van der Waals surface area contributed by atoms with Crippen LogP contribution in [0.4, 0.5) is 47.7 Å².